The molecule has 1 aromatic carbocycles. The number of hydrogen-bond donors (Lipinski definition) is 2. The molecular weight excluding hydrogens is 437 g/mol. The maximum Gasteiger partial charge on any atom is 0.358 e. The number of esters is 1. The fourth-order valence-electron chi connectivity index (χ4n) is 2.62. The van der Waals surface area contributed by atoms with Crippen LogP contribution in [0.25, 0.3) is 0 Å². The van der Waals surface area contributed by atoms with Crippen LogP contribution in [0.5, 0.6) is 0 Å². The Labute approximate surface area is 182 Å². The molecule has 1 heterocycles. The van der Waals surface area contributed by atoms with E-state index < -0.39 is 18.5 Å². The van der Waals surface area contributed by atoms with Crippen molar-refractivity contribution in [2.75, 3.05) is 18.5 Å². The second-order valence-electron chi connectivity index (χ2n) is 6.25. The molecular formula is C19H21Cl2N3O4S. The van der Waals surface area contributed by atoms with Crippen LogP contribution in [0.3, 0.4) is 0 Å². The maximum absolute atomic E-state index is 12.1. The van der Waals surface area contributed by atoms with E-state index in [-0.39, 0.29) is 22.7 Å². The monoisotopic (exact) mass is 457 g/mol. The summed E-state index contributed by atoms with van der Waals surface area (Å²) in [7, 11) is 0. The molecule has 2 rings (SSSR count). The van der Waals surface area contributed by atoms with Crippen molar-refractivity contribution in [1.29, 1.82) is 0 Å². The Hall–Kier alpha value is -2.16. The summed E-state index contributed by atoms with van der Waals surface area (Å²) in [5, 5.41) is 8.08. The van der Waals surface area contributed by atoms with Crippen molar-refractivity contribution in [3.8, 4) is 0 Å². The predicted molar refractivity (Wildman–Crippen MR) is 114 cm³/mol. The number of ether oxygens (including phenoxy) is 1. The number of carbonyl (C=O) groups is 3. The lowest BCUT2D eigenvalue weighted by Crippen LogP contribution is -2.32. The van der Waals surface area contributed by atoms with Gasteiger partial charge in [0, 0.05) is 34.8 Å². The third-order valence-electron chi connectivity index (χ3n) is 3.92. The predicted octanol–water partition coefficient (Wildman–Crippen LogP) is 4.27. The van der Waals surface area contributed by atoms with Gasteiger partial charge in [0.05, 0.1) is 0 Å². The van der Waals surface area contributed by atoms with E-state index in [1.165, 1.54) is 12.3 Å². The molecule has 0 saturated heterocycles. The second-order valence-corrected chi connectivity index (χ2v) is 7.95. The van der Waals surface area contributed by atoms with Crippen molar-refractivity contribution in [3.05, 3.63) is 44.9 Å². The lowest BCUT2D eigenvalue weighted by molar-refractivity contribution is -0.124. The molecule has 0 aliphatic carbocycles. The van der Waals surface area contributed by atoms with Gasteiger partial charge in [-0.2, -0.15) is 0 Å². The van der Waals surface area contributed by atoms with Gasteiger partial charge in [0.15, 0.2) is 17.4 Å². The van der Waals surface area contributed by atoms with E-state index in [9.17, 15) is 14.4 Å². The summed E-state index contributed by atoms with van der Waals surface area (Å²) in [6.45, 7) is 3.31. The summed E-state index contributed by atoms with van der Waals surface area (Å²) in [6, 6.07) is 5.29. The molecule has 2 amide bonds. The van der Waals surface area contributed by atoms with Gasteiger partial charge in [-0.05, 0) is 24.1 Å². The van der Waals surface area contributed by atoms with Gasteiger partial charge < -0.3 is 15.4 Å². The Bertz CT molecular complexity index is 888. The molecule has 10 heteroatoms. The average Bonchev–Trinajstić information content (AvgIpc) is 3.11. The topological polar surface area (TPSA) is 97.4 Å². The minimum absolute atomic E-state index is 0.0168. The minimum atomic E-state index is -0.737. The van der Waals surface area contributed by atoms with E-state index in [0.29, 0.717) is 16.6 Å². The molecule has 0 aliphatic heterocycles. The first-order valence-corrected chi connectivity index (χ1v) is 10.6. The Morgan fingerprint density at radius 3 is 2.69 bits per heavy atom. The van der Waals surface area contributed by atoms with E-state index in [4.69, 9.17) is 27.9 Å². The molecule has 7 nitrogen and oxygen atoms in total. The highest BCUT2D eigenvalue weighted by Gasteiger charge is 2.18. The summed E-state index contributed by atoms with van der Waals surface area (Å²) in [5.41, 5.74) is 0.937. The number of nitrogens with zero attached hydrogens (tertiary/aromatic N) is 1. The molecule has 156 valence electrons. The zero-order valence-electron chi connectivity index (χ0n) is 16.0. The fourth-order valence-corrected chi connectivity index (χ4v) is 3.91. The van der Waals surface area contributed by atoms with E-state index >= 15 is 0 Å². The smallest absolute Gasteiger partial charge is 0.358 e. The van der Waals surface area contributed by atoms with Crippen LogP contribution >= 0.6 is 34.5 Å². The lowest BCUT2D eigenvalue weighted by Gasteiger charge is -2.19. The van der Waals surface area contributed by atoms with Gasteiger partial charge in [0.25, 0.3) is 5.91 Å². The van der Waals surface area contributed by atoms with Gasteiger partial charge in [-0.1, -0.05) is 42.6 Å². The van der Waals surface area contributed by atoms with Gasteiger partial charge >= 0.3 is 5.97 Å². The molecule has 0 saturated carbocycles. The zero-order chi connectivity index (χ0) is 21.4. The molecule has 0 radical (unpaired) electrons. The van der Waals surface area contributed by atoms with Crippen LogP contribution in [-0.4, -0.2) is 35.9 Å². The molecule has 1 unspecified atom stereocenters. The quantitative estimate of drug-likeness (QED) is 0.547. The number of rotatable bonds is 9. The number of amides is 2. The Kier molecular flexibility index (Phi) is 8.88. The van der Waals surface area contributed by atoms with E-state index in [2.05, 4.69) is 15.6 Å². The average molecular weight is 458 g/mol. The standard InChI is InChI=1S/C19H21Cl2N3O4S/c1-3-4-12(14-6-5-13(20)7-15(14)21)8-22-17(26)9-28-18(27)16-10-29-19(24-16)23-11(2)25/h5-7,10,12H,3-4,8-9H2,1-2H3,(H,22,26)(H,23,24,25). The Morgan fingerprint density at radius 1 is 1.28 bits per heavy atom. The van der Waals surface area contributed by atoms with Crippen LogP contribution in [-0.2, 0) is 14.3 Å². The normalized spacial score (nSPS) is 11.6. The Balaban J connectivity index is 1.86. The van der Waals surface area contributed by atoms with E-state index in [1.807, 2.05) is 13.0 Å². The molecule has 29 heavy (non-hydrogen) atoms. The summed E-state index contributed by atoms with van der Waals surface area (Å²) >= 11 is 13.3. The van der Waals surface area contributed by atoms with Crippen LogP contribution in [0.4, 0.5) is 5.13 Å². The summed E-state index contributed by atoms with van der Waals surface area (Å²) in [5.74, 6) is -1.44. The summed E-state index contributed by atoms with van der Waals surface area (Å²) < 4.78 is 4.98. The van der Waals surface area contributed by atoms with Gasteiger partial charge in [-0.3, -0.25) is 9.59 Å². The molecule has 2 aromatic rings. The highest BCUT2D eigenvalue weighted by Crippen LogP contribution is 2.30. The van der Waals surface area contributed by atoms with Crippen molar-refractivity contribution in [1.82, 2.24) is 10.3 Å². The maximum atomic E-state index is 12.1. The van der Waals surface area contributed by atoms with Crippen LogP contribution in [0.1, 0.15) is 48.7 Å². The van der Waals surface area contributed by atoms with E-state index in [0.717, 1.165) is 29.7 Å². The molecule has 0 bridgehead atoms. The zero-order valence-corrected chi connectivity index (χ0v) is 18.3. The lowest BCUT2D eigenvalue weighted by atomic mass is 9.94. The highest BCUT2D eigenvalue weighted by atomic mass is 35.5. The van der Waals surface area contributed by atoms with Gasteiger partial charge in [0.1, 0.15) is 0 Å². The number of carbonyl (C=O) groups excluding carboxylic acids is 3. The van der Waals surface area contributed by atoms with Crippen molar-refractivity contribution in [2.24, 2.45) is 0 Å². The summed E-state index contributed by atoms with van der Waals surface area (Å²) in [4.78, 5) is 39.0. The first-order valence-electron chi connectivity index (χ1n) is 8.92. The van der Waals surface area contributed by atoms with Crippen molar-refractivity contribution < 1.29 is 19.1 Å². The van der Waals surface area contributed by atoms with Crippen molar-refractivity contribution in [3.63, 3.8) is 0 Å². The fraction of sp³-hybridized carbons (Fsp3) is 0.368. The third kappa shape index (κ3) is 7.30. The molecule has 0 fully saturated rings. The highest BCUT2D eigenvalue weighted by molar-refractivity contribution is 7.14. The molecule has 1 atom stereocenters. The SMILES string of the molecule is CCCC(CNC(=O)COC(=O)c1csc(NC(C)=O)n1)c1ccc(Cl)cc1Cl. The number of halogens is 2. The van der Waals surface area contributed by atoms with Crippen LogP contribution in [0.15, 0.2) is 23.6 Å². The Morgan fingerprint density at radius 2 is 2.03 bits per heavy atom. The number of anilines is 1. The number of nitrogens with one attached hydrogen (secondary N) is 2. The molecule has 1 aromatic heterocycles. The number of hydrogen-bond acceptors (Lipinski definition) is 6. The summed E-state index contributed by atoms with van der Waals surface area (Å²) in [6.07, 6.45) is 1.74. The second kappa shape index (κ2) is 11.1. The van der Waals surface area contributed by atoms with Gasteiger partial charge in [-0.15, -0.1) is 11.3 Å². The number of benzene rings is 1. The minimum Gasteiger partial charge on any atom is -0.451 e. The van der Waals surface area contributed by atoms with Gasteiger partial charge in [0.2, 0.25) is 5.91 Å². The number of thiazole rings is 1. The van der Waals surface area contributed by atoms with Gasteiger partial charge in [-0.25, -0.2) is 9.78 Å². The van der Waals surface area contributed by atoms with Crippen LogP contribution < -0.4 is 10.6 Å². The van der Waals surface area contributed by atoms with Crippen LogP contribution in [0.2, 0.25) is 10.0 Å². The largest absolute Gasteiger partial charge is 0.451 e. The third-order valence-corrected chi connectivity index (χ3v) is 5.24. The first-order chi connectivity index (χ1) is 13.8. The van der Waals surface area contributed by atoms with Crippen molar-refractivity contribution >= 4 is 57.5 Å². The number of aromatic nitrogens is 1. The molecule has 2 N–H and O–H groups in total. The van der Waals surface area contributed by atoms with Crippen LogP contribution in [0, 0.1) is 0 Å². The molecule has 0 spiro atoms. The first kappa shape index (κ1) is 23.1. The van der Waals surface area contributed by atoms with E-state index in [1.54, 1.807) is 12.1 Å². The van der Waals surface area contributed by atoms with Crippen molar-refractivity contribution in [2.45, 2.75) is 32.6 Å². The molecule has 0 aliphatic rings.